The van der Waals surface area contributed by atoms with Gasteiger partial charge in [-0.3, -0.25) is 37.3 Å². The van der Waals surface area contributed by atoms with E-state index in [1.165, 1.54) is 186 Å². The van der Waals surface area contributed by atoms with E-state index >= 15 is 0 Å². The summed E-state index contributed by atoms with van der Waals surface area (Å²) in [5, 5.41) is 10.5. The first kappa shape index (κ1) is 86.1. The highest BCUT2D eigenvalue weighted by molar-refractivity contribution is 7.47. The number of ether oxygens (including phenoxy) is 4. The van der Waals surface area contributed by atoms with E-state index in [9.17, 15) is 43.2 Å². The van der Waals surface area contributed by atoms with E-state index in [4.69, 9.17) is 37.0 Å². The number of aliphatic hydroxyl groups excluding tert-OH is 1. The van der Waals surface area contributed by atoms with E-state index in [0.29, 0.717) is 25.7 Å². The van der Waals surface area contributed by atoms with Gasteiger partial charge in [-0.15, -0.1) is 0 Å². The van der Waals surface area contributed by atoms with Crippen molar-refractivity contribution in [3.05, 3.63) is 0 Å². The zero-order chi connectivity index (χ0) is 64.7. The highest BCUT2D eigenvalue weighted by Gasteiger charge is 2.30. The molecule has 0 bridgehead atoms. The maximum absolute atomic E-state index is 13.0. The molecule has 3 N–H and O–H groups in total. The number of carbonyl (C=O) groups excluding carboxylic acids is 4. The van der Waals surface area contributed by atoms with Crippen LogP contribution in [0, 0.1) is 0 Å². The fraction of sp³-hybridized carbons (Fsp3) is 0.942. The van der Waals surface area contributed by atoms with E-state index in [0.717, 1.165) is 96.3 Å². The van der Waals surface area contributed by atoms with Crippen LogP contribution in [0.25, 0.3) is 0 Å². The van der Waals surface area contributed by atoms with Crippen molar-refractivity contribution >= 4 is 39.5 Å². The van der Waals surface area contributed by atoms with Crippen molar-refractivity contribution in [1.82, 2.24) is 0 Å². The van der Waals surface area contributed by atoms with Crippen LogP contribution < -0.4 is 0 Å². The zero-order valence-corrected chi connectivity index (χ0v) is 58.5. The Balaban J connectivity index is 5.14. The molecule has 0 aliphatic rings. The van der Waals surface area contributed by atoms with Crippen molar-refractivity contribution in [1.29, 1.82) is 0 Å². The third-order valence-corrected chi connectivity index (χ3v) is 18.0. The molecule has 0 heterocycles. The quantitative estimate of drug-likeness (QED) is 0.0222. The van der Waals surface area contributed by atoms with E-state index in [1.54, 1.807) is 0 Å². The van der Waals surface area contributed by atoms with Gasteiger partial charge in [0.1, 0.15) is 19.3 Å². The molecule has 0 saturated heterocycles. The van der Waals surface area contributed by atoms with Gasteiger partial charge in [-0.1, -0.05) is 310 Å². The third-order valence-electron chi connectivity index (χ3n) is 16.1. The number of hydrogen-bond donors (Lipinski definition) is 3. The van der Waals surface area contributed by atoms with Gasteiger partial charge in [-0.05, 0) is 25.7 Å². The van der Waals surface area contributed by atoms with Crippen molar-refractivity contribution in [2.24, 2.45) is 0 Å². The number of unbranched alkanes of at least 4 members (excludes halogenated alkanes) is 44. The molecule has 0 aromatic rings. The molecule has 0 fully saturated rings. The van der Waals surface area contributed by atoms with Crippen molar-refractivity contribution in [3.63, 3.8) is 0 Å². The lowest BCUT2D eigenvalue weighted by Gasteiger charge is -2.21. The maximum Gasteiger partial charge on any atom is 0.472 e. The summed E-state index contributed by atoms with van der Waals surface area (Å²) in [6.45, 7) is 4.85. The van der Waals surface area contributed by atoms with Crippen LogP contribution in [-0.2, 0) is 65.4 Å². The first-order chi connectivity index (χ1) is 42.7. The number of carbonyl (C=O) groups is 4. The first-order valence-corrected chi connectivity index (χ1v) is 39.3. The fourth-order valence-electron chi connectivity index (χ4n) is 10.5. The summed E-state index contributed by atoms with van der Waals surface area (Å²) >= 11 is 0. The van der Waals surface area contributed by atoms with Gasteiger partial charge in [-0.2, -0.15) is 0 Å². The van der Waals surface area contributed by atoms with Crippen LogP contribution >= 0.6 is 15.6 Å². The van der Waals surface area contributed by atoms with Crippen molar-refractivity contribution in [3.8, 4) is 0 Å². The van der Waals surface area contributed by atoms with Gasteiger partial charge in [-0.25, -0.2) is 9.13 Å². The summed E-state index contributed by atoms with van der Waals surface area (Å²) in [4.78, 5) is 72.2. The Morgan fingerprint density at radius 3 is 0.670 bits per heavy atom. The molecule has 2 unspecified atom stereocenters. The van der Waals surface area contributed by atoms with Gasteiger partial charge in [0.2, 0.25) is 0 Å². The molecule has 19 heteroatoms. The van der Waals surface area contributed by atoms with Gasteiger partial charge in [0, 0.05) is 25.7 Å². The Labute approximate surface area is 537 Å². The molecule has 5 atom stereocenters. The molecule has 0 aromatic carbocycles. The fourth-order valence-corrected chi connectivity index (χ4v) is 12.1. The summed E-state index contributed by atoms with van der Waals surface area (Å²) in [5.74, 6) is -2.13. The second-order valence-corrected chi connectivity index (χ2v) is 27.8. The minimum absolute atomic E-state index is 0.106. The highest BCUT2D eigenvalue weighted by Crippen LogP contribution is 2.45. The van der Waals surface area contributed by atoms with Gasteiger partial charge in [0.15, 0.2) is 12.2 Å². The average Bonchev–Trinajstić information content (AvgIpc) is 3.68. The van der Waals surface area contributed by atoms with Crippen LogP contribution in [-0.4, -0.2) is 96.7 Å². The number of hydrogen-bond acceptors (Lipinski definition) is 15. The Morgan fingerprint density at radius 1 is 0.273 bits per heavy atom. The lowest BCUT2D eigenvalue weighted by atomic mass is 10.0. The molecule has 17 nitrogen and oxygen atoms in total. The normalized spacial score (nSPS) is 14.0. The van der Waals surface area contributed by atoms with E-state index in [1.807, 2.05) is 0 Å². The molecule has 0 amide bonds. The predicted molar refractivity (Wildman–Crippen MR) is 354 cm³/mol. The third kappa shape index (κ3) is 62.8. The molecule has 0 saturated carbocycles. The summed E-state index contributed by atoms with van der Waals surface area (Å²) in [6, 6.07) is 0. The molecule has 0 rings (SSSR count). The molecule has 0 aliphatic carbocycles. The average molecular weight is 1300 g/mol. The Kier molecular flexibility index (Phi) is 62.4. The van der Waals surface area contributed by atoms with Crippen molar-refractivity contribution in [2.45, 2.75) is 380 Å². The van der Waals surface area contributed by atoms with Crippen LogP contribution in [0.2, 0.25) is 0 Å². The minimum Gasteiger partial charge on any atom is -0.462 e. The van der Waals surface area contributed by atoms with Crippen LogP contribution in [0.5, 0.6) is 0 Å². The second kappa shape index (κ2) is 63.8. The second-order valence-electron chi connectivity index (χ2n) is 24.9. The number of phosphoric acid groups is 2. The zero-order valence-electron chi connectivity index (χ0n) is 56.7. The summed E-state index contributed by atoms with van der Waals surface area (Å²) in [6.07, 6.45) is 51.7. The van der Waals surface area contributed by atoms with Crippen LogP contribution in [0.1, 0.15) is 362 Å². The maximum atomic E-state index is 13.0. The Hall–Kier alpha value is -1.94. The predicted octanol–water partition coefficient (Wildman–Crippen LogP) is 19.9. The van der Waals surface area contributed by atoms with Gasteiger partial charge in [0.25, 0.3) is 0 Å². The van der Waals surface area contributed by atoms with Crippen LogP contribution in [0.4, 0.5) is 0 Å². The van der Waals surface area contributed by atoms with Crippen molar-refractivity contribution < 1.29 is 80.2 Å². The molecular weight excluding hydrogens is 1160 g/mol. The van der Waals surface area contributed by atoms with E-state index in [-0.39, 0.29) is 25.7 Å². The molecule has 0 radical (unpaired) electrons. The Bertz CT molecular complexity index is 1690. The summed E-state index contributed by atoms with van der Waals surface area (Å²) in [7, 11) is -9.88. The lowest BCUT2D eigenvalue weighted by molar-refractivity contribution is -0.161. The van der Waals surface area contributed by atoms with E-state index in [2.05, 4.69) is 27.7 Å². The number of esters is 4. The number of phosphoric ester groups is 2. The number of rotatable bonds is 70. The molecule has 0 aromatic heterocycles. The van der Waals surface area contributed by atoms with Crippen LogP contribution in [0.15, 0.2) is 0 Å². The summed E-state index contributed by atoms with van der Waals surface area (Å²) in [5.41, 5.74) is 0. The van der Waals surface area contributed by atoms with Gasteiger partial charge in [0.05, 0.1) is 26.4 Å². The SMILES string of the molecule is CCCCCCCCCCCCCCCCCCCCC(=O)O[C@H](COC(=O)CCCCCCCCCCCCCCCC)COP(=O)(O)OC[C@@H](O)COP(=O)(O)OC[C@@H](COC(=O)CCCCCCC)OC(=O)CCCCCCCCCCCCC. The number of aliphatic hydroxyl groups is 1. The van der Waals surface area contributed by atoms with Gasteiger partial charge >= 0.3 is 39.5 Å². The van der Waals surface area contributed by atoms with Crippen LogP contribution in [0.3, 0.4) is 0 Å². The highest BCUT2D eigenvalue weighted by atomic mass is 31.2. The minimum atomic E-state index is -4.95. The summed E-state index contributed by atoms with van der Waals surface area (Å²) < 4.78 is 68.0. The largest absolute Gasteiger partial charge is 0.472 e. The monoisotopic (exact) mass is 1300 g/mol. The smallest absolute Gasteiger partial charge is 0.462 e. The van der Waals surface area contributed by atoms with E-state index < -0.39 is 97.5 Å². The lowest BCUT2D eigenvalue weighted by Crippen LogP contribution is -2.30. The molecule has 0 spiro atoms. The topological polar surface area (TPSA) is 237 Å². The molecule has 522 valence electrons. The molecule has 88 heavy (non-hydrogen) atoms. The van der Waals surface area contributed by atoms with Crippen molar-refractivity contribution in [2.75, 3.05) is 39.6 Å². The van der Waals surface area contributed by atoms with Gasteiger partial charge < -0.3 is 33.8 Å². The molecular formula is C69H134O17P2. The standard InChI is InChI=1S/C69H134O17P2/c1-5-9-13-17-20-23-26-28-30-31-32-33-35-38-41-44-48-52-56-69(74)86-65(60-80-67(72)54-50-46-42-39-37-34-29-27-24-21-18-14-10-6-2)62-84-88(77,78)82-58-63(70)57-81-87(75,76)83-61-64(59-79-66(71)53-49-45-16-12-8-4)85-68(73)55-51-47-43-40-36-25-22-19-15-11-7-3/h63-65,70H,5-62H2,1-4H3,(H,75,76)(H,77,78)/t63-,64+,65+/m0/s1. The Morgan fingerprint density at radius 2 is 0.455 bits per heavy atom. The molecule has 0 aliphatic heterocycles. The first-order valence-electron chi connectivity index (χ1n) is 36.3.